The number of rotatable bonds is 4. The Morgan fingerprint density at radius 3 is 2.38 bits per heavy atom. The van der Waals surface area contributed by atoms with Crippen molar-refractivity contribution in [2.45, 2.75) is 13.0 Å². The smallest absolute Gasteiger partial charge is 0.315 e. The molecule has 16 heavy (non-hydrogen) atoms. The largest absolute Gasteiger partial charge is 0.493 e. The number of ether oxygens (including phenoxy) is 2. The highest BCUT2D eigenvalue weighted by Crippen LogP contribution is 2.38. The summed E-state index contributed by atoms with van der Waals surface area (Å²) in [6, 6.07) is 2.72. The molecule has 6 heteroatoms. The van der Waals surface area contributed by atoms with Crippen LogP contribution in [0.25, 0.3) is 0 Å². The van der Waals surface area contributed by atoms with Gasteiger partial charge in [-0.3, -0.25) is 10.1 Å². The highest BCUT2D eigenvalue weighted by atomic mass is 16.6. The van der Waals surface area contributed by atoms with Crippen LogP contribution in [0.2, 0.25) is 0 Å². The van der Waals surface area contributed by atoms with Crippen LogP contribution in [-0.4, -0.2) is 19.1 Å². The minimum Gasteiger partial charge on any atom is -0.493 e. The van der Waals surface area contributed by atoms with Crippen molar-refractivity contribution in [3.05, 3.63) is 27.8 Å². The van der Waals surface area contributed by atoms with Crippen molar-refractivity contribution in [3.63, 3.8) is 0 Å². The first-order chi connectivity index (χ1) is 7.51. The van der Waals surface area contributed by atoms with E-state index in [1.807, 2.05) is 0 Å². The molecule has 1 aromatic carbocycles. The summed E-state index contributed by atoms with van der Waals surface area (Å²) in [5.41, 5.74) is 6.16. The molecule has 0 heterocycles. The Kier molecular flexibility index (Phi) is 3.68. The molecule has 0 aliphatic heterocycles. The number of methoxy groups -OCH3 is 2. The highest BCUT2D eigenvalue weighted by molar-refractivity contribution is 5.58. The molecule has 0 bridgehead atoms. The van der Waals surface area contributed by atoms with Crippen LogP contribution in [-0.2, 0) is 0 Å². The first-order valence-electron chi connectivity index (χ1n) is 4.67. The Bertz CT molecular complexity index is 404. The number of hydrogen-bond donors (Lipinski definition) is 1. The van der Waals surface area contributed by atoms with E-state index in [4.69, 9.17) is 15.2 Å². The summed E-state index contributed by atoms with van der Waals surface area (Å²) in [6.07, 6.45) is 0. The molecule has 0 amide bonds. The monoisotopic (exact) mass is 226 g/mol. The Labute approximate surface area is 93.1 Å². The van der Waals surface area contributed by atoms with Gasteiger partial charge in [-0.25, -0.2) is 0 Å². The predicted molar refractivity (Wildman–Crippen MR) is 58.8 cm³/mol. The first kappa shape index (κ1) is 12.3. The zero-order valence-electron chi connectivity index (χ0n) is 9.39. The third-order valence-electron chi connectivity index (χ3n) is 2.20. The van der Waals surface area contributed by atoms with Gasteiger partial charge in [0.1, 0.15) is 0 Å². The first-order valence-corrected chi connectivity index (χ1v) is 4.67. The zero-order chi connectivity index (χ0) is 12.3. The fourth-order valence-corrected chi connectivity index (χ4v) is 1.36. The zero-order valence-corrected chi connectivity index (χ0v) is 9.39. The maximum Gasteiger partial charge on any atom is 0.315 e. The second-order valence-electron chi connectivity index (χ2n) is 3.32. The Balaban J connectivity index is 3.43. The average Bonchev–Trinajstić information content (AvgIpc) is 2.26. The summed E-state index contributed by atoms with van der Waals surface area (Å²) in [5, 5.41) is 10.9. The topological polar surface area (TPSA) is 87.6 Å². The lowest BCUT2D eigenvalue weighted by Gasteiger charge is -2.12. The fraction of sp³-hybridized carbons (Fsp3) is 0.400. The second kappa shape index (κ2) is 4.80. The molecule has 0 spiro atoms. The van der Waals surface area contributed by atoms with Crippen molar-refractivity contribution in [3.8, 4) is 11.5 Å². The van der Waals surface area contributed by atoms with Gasteiger partial charge in [0, 0.05) is 12.1 Å². The lowest BCUT2D eigenvalue weighted by molar-refractivity contribution is -0.385. The molecular formula is C10H14N2O4. The number of hydrogen-bond acceptors (Lipinski definition) is 5. The van der Waals surface area contributed by atoms with Crippen molar-refractivity contribution in [1.82, 2.24) is 0 Å². The van der Waals surface area contributed by atoms with Crippen LogP contribution in [0.4, 0.5) is 5.69 Å². The van der Waals surface area contributed by atoms with E-state index in [1.54, 1.807) is 13.0 Å². The lowest BCUT2D eigenvalue weighted by atomic mass is 10.1. The van der Waals surface area contributed by atoms with E-state index >= 15 is 0 Å². The van der Waals surface area contributed by atoms with Crippen molar-refractivity contribution in [2.75, 3.05) is 14.2 Å². The predicted octanol–water partition coefficient (Wildman–Crippen LogP) is 1.63. The van der Waals surface area contributed by atoms with Crippen molar-refractivity contribution >= 4 is 5.69 Å². The van der Waals surface area contributed by atoms with E-state index in [-0.39, 0.29) is 17.5 Å². The van der Waals surface area contributed by atoms with E-state index < -0.39 is 4.92 Å². The molecule has 2 N–H and O–H groups in total. The lowest BCUT2D eigenvalue weighted by Crippen LogP contribution is -2.07. The molecule has 1 aromatic rings. The van der Waals surface area contributed by atoms with Crippen LogP contribution < -0.4 is 15.2 Å². The normalized spacial score (nSPS) is 12.0. The van der Waals surface area contributed by atoms with Gasteiger partial charge in [-0.1, -0.05) is 0 Å². The molecule has 88 valence electrons. The number of nitro benzene ring substituents is 1. The van der Waals surface area contributed by atoms with Crippen LogP contribution in [0.15, 0.2) is 12.1 Å². The Morgan fingerprint density at radius 2 is 2.00 bits per heavy atom. The standard InChI is InChI=1S/C10H14N2O4/c1-6(11)7-4-8(12(13)14)10(16-3)9(5-7)15-2/h4-6H,11H2,1-3H3/t6-/m1/s1. The molecule has 0 aliphatic carbocycles. The highest BCUT2D eigenvalue weighted by Gasteiger charge is 2.22. The molecule has 0 saturated carbocycles. The van der Waals surface area contributed by atoms with Gasteiger partial charge in [0.05, 0.1) is 19.1 Å². The van der Waals surface area contributed by atoms with E-state index in [2.05, 4.69) is 0 Å². The van der Waals surface area contributed by atoms with Gasteiger partial charge >= 0.3 is 5.69 Å². The Morgan fingerprint density at radius 1 is 1.38 bits per heavy atom. The molecule has 0 fully saturated rings. The van der Waals surface area contributed by atoms with Gasteiger partial charge in [-0.15, -0.1) is 0 Å². The van der Waals surface area contributed by atoms with Gasteiger partial charge < -0.3 is 15.2 Å². The SMILES string of the molecule is COc1cc([C@@H](C)N)cc([N+](=O)[O-])c1OC. The summed E-state index contributed by atoms with van der Waals surface area (Å²) in [5.74, 6) is 0.418. The fourth-order valence-electron chi connectivity index (χ4n) is 1.36. The average molecular weight is 226 g/mol. The van der Waals surface area contributed by atoms with E-state index in [0.29, 0.717) is 11.3 Å². The molecule has 6 nitrogen and oxygen atoms in total. The summed E-state index contributed by atoms with van der Waals surface area (Å²) in [4.78, 5) is 10.3. The molecule has 0 radical (unpaired) electrons. The molecule has 0 aromatic heterocycles. The third-order valence-corrected chi connectivity index (χ3v) is 2.20. The van der Waals surface area contributed by atoms with Crippen LogP contribution in [0.3, 0.4) is 0 Å². The Hall–Kier alpha value is -1.82. The molecule has 0 unspecified atom stereocenters. The van der Waals surface area contributed by atoms with Crippen LogP contribution in [0, 0.1) is 10.1 Å². The molecule has 0 aliphatic rings. The van der Waals surface area contributed by atoms with Gasteiger partial charge in [0.25, 0.3) is 0 Å². The van der Waals surface area contributed by atoms with Crippen molar-refractivity contribution < 1.29 is 14.4 Å². The number of nitro groups is 1. The maximum absolute atomic E-state index is 10.9. The number of nitrogens with two attached hydrogens (primary N) is 1. The summed E-state index contributed by atoms with van der Waals surface area (Å²) in [7, 11) is 2.78. The van der Waals surface area contributed by atoms with Crippen molar-refractivity contribution in [2.24, 2.45) is 5.73 Å². The van der Waals surface area contributed by atoms with Crippen LogP contribution in [0.5, 0.6) is 11.5 Å². The van der Waals surface area contributed by atoms with E-state index in [9.17, 15) is 10.1 Å². The molecule has 1 atom stereocenters. The quantitative estimate of drug-likeness (QED) is 0.622. The van der Waals surface area contributed by atoms with Gasteiger partial charge in [0.2, 0.25) is 5.75 Å². The van der Waals surface area contributed by atoms with Gasteiger partial charge in [-0.2, -0.15) is 0 Å². The second-order valence-corrected chi connectivity index (χ2v) is 3.32. The number of benzene rings is 1. The summed E-state index contributed by atoms with van der Waals surface area (Å²) >= 11 is 0. The molecule has 0 saturated heterocycles. The maximum atomic E-state index is 10.9. The molecular weight excluding hydrogens is 212 g/mol. The molecule has 1 rings (SSSR count). The third kappa shape index (κ3) is 2.22. The van der Waals surface area contributed by atoms with Gasteiger partial charge in [0.15, 0.2) is 5.75 Å². The number of nitrogens with zero attached hydrogens (tertiary/aromatic N) is 1. The van der Waals surface area contributed by atoms with Crippen LogP contribution in [0.1, 0.15) is 18.5 Å². The van der Waals surface area contributed by atoms with Gasteiger partial charge in [-0.05, 0) is 18.6 Å². The van der Waals surface area contributed by atoms with Crippen LogP contribution >= 0.6 is 0 Å². The van der Waals surface area contributed by atoms with E-state index in [1.165, 1.54) is 20.3 Å². The minimum absolute atomic E-state index is 0.108. The minimum atomic E-state index is -0.521. The summed E-state index contributed by atoms with van der Waals surface area (Å²) < 4.78 is 9.99. The van der Waals surface area contributed by atoms with Crippen molar-refractivity contribution in [1.29, 1.82) is 0 Å². The summed E-state index contributed by atoms with van der Waals surface area (Å²) in [6.45, 7) is 1.74. The van der Waals surface area contributed by atoms with E-state index in [0.717, 1.165) is 0 Å².